The summed E-state index contributed by atoms with van der Waals surface area (Å²) in [5.74, 6) is 0. The molecule has 2 aromatic carbocycles. The van der Waals surface area contributed by atoms with Gasteiger partial charge in [0.1, 0.15) is 6.61 Å². The van der Waals surface area contributed by atoms with E-state index < -0.39 is 0 Å². The zero-order valence-corrected chi connectivity index (χ0v) is 12.9. The molecule has 1 heterocycles. The Labute approximate surface area is 133 Å². The lowest BCUT2D eigenvalue weighted by molar-refractivity contribution is 0.181. The van der Waals surface area contributed by atoms with Gasteiger partial charge in [-0.05, 0) is 36.2 Å². The second kappa shape index (κ2) is 5.58. The average molecular weight is 322 g/mol. The van der Waals surface area contributed by atoms with Gasteiger partial charge in [0.2, 0.25) is 0 Å². The molecule has 108 valence electrons. The molecule has 21 heavy (non-hydrogen) atoms. The minimum Gasteiger partial charge on any atom is -0.447 e. The van der Waals surface area contributed by atoms with Gasteiger partial charge in [-0.3, -0.25) is 4.90 Å². The van der Waals surface area contributed by atoms with Crippen LogP contribution >= 0.6 is 23.2 Å². The Kier molecular flexibility index (Phi) is 3.79. The molecule has 1 aliphatic heterocycles. The van der Waals surface area contributed by atoms with Crippen molar-refractivity contribution in [2.75, 3.05) is 18.1 Å². The molecule has 0 atom stereocenters. The largest absolute Gasteiger partial charge is 0.447 e. The van der Waals surface area contributed by atoms with Gasteiger partial charge in [-0.15, -0.1) is 0 Å². The fourth-order valence-electron chi connectivity index (χ4n) is 2.39. The van der Waals surface area contributed by atoms with Crippen molar-refractivity contribution in [1.29, 1.82) is 0 Å². The predicted octanol–water partition coefficient (Wildman–Crippen LogP) is 4.93. The average Bonchev–Trinajstić information content (AvgIpc) is 2.88. The summed E-state index contributed by atoms with van der Waals surface area (Å²) in [4.78, 5) is 13.5. The summed E-state index contributed by atoms with van der Waals surface area (Å²) in [5, 5.41) is 0.999. The summed E-state index contributed by atoms with van der Waals surface area (Å²) < 4.78 is 5.03. The third kappa shape index (κ3) is 2.71. The summed E-state index contributed by atoms with van der Waals surface area (Å²) >= 11 is 12.1. The first-order valence-corrected chi connectivity index (χ1v) is 7.32. The molecule has 3 nitrogen and oxygen atoms in total. The van der Waals surface area contributed by atoms with E-state index in [1.807, 2.05) is 31.2 Å². The minimum absolute atomic E-state index is 0.318. The van der Waals surface area contributed by atoms with Crippen LogP contribution in [-0.2, 0) is 4.74 Å². The molecule has 0 saturated carbocycles. The van der Waals surface area contributed by atoms with Crippen molar-refractivity contribution in [2.45, 2.75) is 6.92 Å². The van der Waals surface area contributed by atoms with E-state index in [0.717, 1.165) is 22.4 Å². The van der Waals surface area contributed by atoms with Crippen LogP contribution in [0.3, 0.4) is 0 Å². The van der Waals surface area contributed by atoms with Crippen LogP contribution in [0, 0.1) is 6.92 Å². The molecule has 1 fully saturated rings. The Hall–Kier alpha value is -1.71. The van der Waals surface area contributed by atoms with Crippen LogP contribution in [0.4, 0.5) is 10.5 Å². The fourth-order valence-corrected chi connectivity index (χ4v) is 2.68. The van der Waals surface area contributed by atoms with Gasteiger partial charge in [-0.25, -0.2) is 4.79 Å². The van der Waals surface area contributed by atoms with Crippen LogP contribution in [0.15, 0.2) is 36.4 Å². The highest BCUT2D eigenvalue weighted by Gasteiger charge is 2.26. The fraction of sp³-hybridized carbons (Fsp3) is 0.188. The van der Waals surface area contributed by atoms with Crippen LogP contribution in [-0.4, -0.2) is 19.2 Å². The number of nitrogens with zero attached hydrogens (tertiary/aromatic N) is 1. The molecular formula is C16H13Cl2NO2. The highest BCUT2D eigenvalue weighted by molar-refractivity contribution is 6.42. The smallest absolute Gasteiger partial charge is 0.414 e. The predicted molar refractivity (Wildman–Crippen MR) is 85.3 cm³/mol. The van der Waals surface area contributed by atoms with Gasteiger partial charge in [0.15, 0.2) is 0 Å². The third-order valence-electron chi connectivity index (χ3n) is 3.44. The molecule has 5 heteroatoms. The number of benzene rings is 2. The number of rotatable bonds is 2. The van der Waals surface area contributed by atoms with Crippen molar-refractivity contribution in [3.8, 4) is 11.1 Å². The molecule has 0 N–H and O–H groups in total. The van der Waals surface area contributed by atoms with Crippen molar-refractivity contribution in [1.82, 2.24) is 0 Å². The van der Waals surface area contributed by atoms with Crippen LogP contribution < -0.4 is 4.90 Å². The molecule has 0 aliphatic carbocycles. The second-order valence-corrected chi connectivity index (χ2v) is 5.73. The molecule has 0 aromatic heterocycles. The van der Waals surface area contributed by atoms with E-state index in [4.69, 9.17) is 27.9 Å². The number of amides is 1. The zero-order valence-electron chi connectivity index (χ0n) is 11.4. The van der Waals surface area contributed by atoms with Gasteiger partial charge in [0.05, 0.1) is 22.3 Å². The first-order chi connectivity index (χ1) is 10.1. The summed E-state index contributed by atoms with van der Waals surface area (Å²) in [7, 11) is 0. The quantitative estimate of drug-likeness (QED) is 0.785. The topological polar surface area (TPSA) is 29.5 Å². The molecule has 1 saturated heterocycles. The summed E-state index contributed by atoms with van der Waals surface area (Å²) in [6, 6.07) is 11.4. The van der Waals surface area contributed by atoms with Gasteiger partial charge in [0.25, 0.3) is 0 Å². The first kappa shape index (κ1) is 14.2. The van der Waals surface area contributed by atoms with Gasteiger partial charge < -0.3 is 4.74 Å². The standard InChI is InChI=1S/C16H13Cl2NO2/c1-10-2-4-12(11-3-5-13(17)14(18)9-11)15(8-10)19-6-7-21-16(19)20/h2-5,8-9H,6-7H2,1H3. The van der Waals surface area contributed by atoms with Crippen LogP contribution in [0.5, 0.6) is 0 Å². The van der Waals surface area contributed by atoms with Gasteiger partial charge in [-0.2, -0.15) is 0 Å². The Morgan fingerprint density at radius 3 is 2.57 bits per heavy atom. The van der Waals surface area contributed by atoms with E-state index in [1.165, 1.54) is 0 Å². The lowest BCUT2D eigenvalue weighted by Crippen LogP contribution is -2.24. The normalized spacial score (nSPS) is 14.4. The lowest BCUT2D eigenvalue weighted by atomic mass is 10.0. The molecule has 0 unspecified atom stereocenters. The van der Waals surface area contributed by atoms with Crippen molar-refractivity contribution < 1.29 is 9.53 Å². The summed E-state index contributed by atoms with van der Waals surface area (Å²) in [6.45, 7) is 2.95. The van der Waals surface area contributed by atoms with Crippen molar-refractivity contribution in [2.24, 2.45) is 0 Å². The summed E-state index contributed by atoms with van der Waals surface area (Å²) in [6.07, 6.45) is -0.318. The number of carbonyl (C=O) groups excluding carboxylic acids is 1. The molecule has 3 rings (SSSR count). The number of hydrogen-bond donors (Lipinski definition) is 0. The Morgan fingerprint density at radius 2 is 1.90 bits per heavy atom. The number of anilines is 1. The maximum atomic E-state index is 11.8. The van der Waals surface area contributed by atoms with E-state index in [0.29, 0.717) is 23.2 Å². The van der Waals surface area contributed by atoms with Crippen molar-refractivity contribution in [3.63, 3.8) is 0 Å². The molecule has 1 amide bonds. The number of hydrogen-bond acceptors (Lipinski definition) is 2. The molecule has 0 radical (unpaired) electrons. The minimum atomic E-state index is -0.318. The van der Waals surface area contributed by atoms with Crippen LogP contribution in [0.25, 0.3) is 11.1 Å². The van der Waals surface area contributed by atoms with Gasteiger partial charge in [0, 0.05) is 5.56 Å². The van der Waals surface area contributed by atoms with E-state index in [1.54, 1.807) is 17.0 Å². The number of cyclic esters (lactones) is 1. The highest BCUT2D eigenvalue weighted by atomic mass is 35.5. The van der Waals surface area contributed by atoms with Crippen LogP contribution in [0.1, 0.15) is 5.56 Å². The van der Waals surface area contributed by atoms with Crippen LogP contribution in [0.2, 0.25) is 10.0 Å². The number of aryl methyl sites for hydroxylation is 1. The Balaban J connectivity index is 2.13. The SMILES string of the molecule is Cc1ccc(-c2ccc(Cl)c(Cl)c2)c(N2CCOC2=O)c1. The Morgan fingerprint density at radius 1 is 1.10 bits per heavy atom. The van der Waals surface area contributed by atoms with Crippen molar-refractivity contribution in [3.05, 3.63) is 52.0 Å². The van der Waals surface area contributed by atoms with E-state index in [9.17, 15) is 4.79 Å². The van der Waals surface area contributed by atoms with Crippen molar-refractivity contribution >= 4 is 35.0 Å². The number of halogens is 2. The number of carbonyl (C=O) groups is 1. The Bertz CT molecular complexity index is 715. The maximum absolute atomic E-state index is 11.8. The third-order valence-corrected chi connectivity index (χ3v) is 4.17. The molecular weight excluding hydrogens is 309 g/mol. The lowest BCUT2D eigenvalue weighted by Gasteiger charge is -2.18. The number of ether oxygens (including phenoxy) is 1. The molecule has 0 spiro atoms. The highest BCUT2D eigenvalue weighted by Crippen LogP contribution is 2.36. The maximum Gasteiger partial charge on any atom is 0.414 e. The van der Waals surface area contributed by atoms with Gasteiger partial charge >= 0.3 is 6.09 Å². The molecule has 2 aromatic rings. The second-order valence-electron chi connectivity index (χ2n) is 4.92. The van der Waals surface area contributed by atoms with Gasteiger partial charge in [-0.1, -0.05) is 41.4 Å². The summed E-state index contributed by atoms with van der Waals surface area (Å²) in [5.41, 5.74) is 3.75. The van der Waals surface area contributed by atoms with E-state index >= 15 is 0 Å². The monoisotopic (exact) mass is 321 g/mol. The zero-order chi connectivity index (χ0) is 15.0. The molecule has 1 aliphatic rings. The van der Waals surface area contributed by atoms with E-state index in [2.05, 4.69) is 0 Å². The molecule has 0 bridgehead atoms. The first-order valence-electron chi connectivity index (χ1n) is 6.56. The van der Waals surface area contributed by atoms with E-state index in [-0.39, 0.29) is 6.09 Å².